The van der Waals surface area contributed by atoms with Gasteiger partial charge < -0.3 is 4.98 Å². The second-order valence-electron chi connectivity index (χ2n) is 4.26. The maximum absolute atomic E-state index is 11.1. The van der Waals surface area contributed by atoms with Gasteiger partial charge in [0.15, 0.2) is 0 Å². The molecule has 3 nitrogen and oxygen atoms in total. The zero-order valence-electron chi connectivity index (χ0n) is 10.2. The van der Waals surface area contributed by atoms with Crippen molar-refractivity contribution in [3.05, 3.63) is 77.5 Å². The molecule has 0 bridgehead atoms. The fourth-order valence-electron chi connectivity index (χ4n) is 2.01. The van der Waals surface area contributed by atoms with Gasteiger partial charge >= 0.3 is 0 Å². The van der Waals surface area contributed by atoms with Crippen LogP contribution in [0.5, 0.6) is 0 Å². The largest absolute Gasteiger partial charge is 0.328 e. The van der Waals surface area contributed by atoms with Crippen molar-refractivity contribution in [3.63, 3.8) is 0 Å². The fourth-order valence-corrected chi connectivity index (χ4v) is 2.01. The highest BCUT2D eigenvalue weighted by Gasteiger charge is 2.01. The molecule has 0 aliphatic carbocycles. The molecule has 3 rings (SSSR count). The summed E-state index contributed by atoms with van der Waals surface area (Å²) in [6.07, 6.45) is 5.29. The maximum Gasteiger partial charge on any atom is 0.247 e. The number of nitrogens with zero attached hydrogens (tertiary/aromatic N) is 1. The summed E-state index contributed by atoms with van der Waals surface area (Å²) in [6.45, 7) is 0. The van der Waals surface area contributed by atoms with E-state index in [1.165, 1.54) is 6.07 Å². The van der Waals surface area contributed by atoms with Crippen molar-refractivity contribution in [1.29, 1.82) is 0 Å². The number of pyridine rings is 2. The van der Waals surface area contributed by atoms with E-state index in [0.717, 1.165) is 22.3 Å². The number of hydrogen-bond acceptors (Lipinski definition) is 2. The Morgan fingerprint density at radius 1 is 0.789 bits per heavy atom. The first-order valence-electron chi connectivity index (χ1n) is 6.02. The Morgan fingerprint density at radius 2 is 1.53 bits per heavy atom. The molecule has 2 aromatic heterocycles. The van der Waals surface area contributed by atoms with E-state index in [2.05, 4.69) is 22.1 Å². The van der Waals surface area contributed by atoms with Crippen LogP contribution in [0.1, 0.15) is 0 Å². The maximum atomic E-state index is 11.1. The number of H-pyrrole nitrogens is 1. The Labute approximate surface area is 110 Å². The first-order chi connectivity index (χ1) is 9.33. The molecule has 0 saturated carbocycles. The zero-order chi connectivity index (χ0) is 13.1. The van der Waals surface area contributed by atoms with Crippen LogP contribution >= 0.6 is 0 Å². The highest BCUT2D eigenvalue weighted by Crippen LogP contribution is 2.24. The monoisotopic (exact) mass is 248 g/mol. The minimum Gasteiger partial charge on any atom is -0.328 e. The van der Waals surface area contributed by atoms with E-state index in [0.29, 0.717) is 0 Å². The van der Waals surface area contributed by atoms with Gasteiger partial charge in [0.2, 0.25) is 5.56 Å². The fraction of sp³-hybridized carbons (Fsp3) is 0. The minimum absolute atomic E-state index is 0.0889. The molecule has 0 fully saturated rings. The Bertz CT molecular complexity index is 727. The molecule has 2 heterocycles. The van der Waals surface area contributed by atoms with Crippen molar-refractivity contribution >= 4 is 0 Å². The van der Waals surface area contributed by atoms with Gasteiger partial charge in [-0.25, -0.2) is 0 Å². The standard InChI is InChI=1S/C16H12N2O/c19-16-5-4-15(11-18-16)14-3-1-2-13(10-14)12-6-8-17-9-7-12/h1-11H,(H,18,19). The lowest BCUT2D eigenvalue weighted by Gasteiger charge is -2.05. The number of rotatable bonds is 2. The lowest BCUT2D eigenvalue weighted by Crippen LogP contribution is -2.01. The zero-order valence-corrected chi connectivity index (χ0v) is 10.2. The molecule has 1 aromatic carbocycles. The van der Waals surface area contributed by atoms with Crippen LogP contribution in [0.2, 0.25) is 0 Å². The van der Waals surface area contributed by atoms with Gasteiger partial charge in [-0.2, -0.15) is 0 Å². The van der Waals surface area contributed by atoms with Crippen LogP contribution in [0.25, 0.3) is 22.3 Å². The van der Waals surface area contributed by atoms with E-state index < -0.39 is 0 Å². The summed E-state index contributed by atoms with van der Waals surface area (Å²) in [4.78, 5) is 17.8. The number of hydrogen-bond donors (Lipinski definition) is 1. The molecular formula is C16H12N2O. The molecular weight excluding hydrogens is 236 g/mol. The minimum atomic E-state index is -0.0889. The highest BCUT2D eigenvalue weighted by molar-refractivity contribution is 5.72. The molecule has 0 spiro atoms. The summed E-state index contributed by atoms with van der Waals surface area (Å²) in [5.41, 5.74) is 4.24. The topological polar surface area (TPSA) is 45.8 Å². The van der Waals surface area contributed by atoms with Crippen LogP contribution in [0, 0.1) is 0 Å². The number of aromatic nitrogens is 2. The molecule has 0 atom stereocenters. The van der Waals surface area contributed by atoms with Gasteiger partial charge in [-0.15, -0.1) is 0 Å². The van der Waals surface area contributed by atoms with E-state index in [1.807, 2.05) is 30.3 Å². The van der Waals surface area contributed by atoms with Gasteiger partial charge in [0, 0.05) is 24.7 Å². The Kier molecular flexibility index (Phi) is 2.94. The van der Waals surface area contributed by atoms with E-state index >= 15 is 0 Å². The molecule has 0 amide bonds. The second kappa shape index (κ2) is 4.90. The molecule has 3 aromatic rings. The average molecular weight is 248 g/mol. The van der Waals surface area contributed by atoms with Crippen LogP contribution in [-0.2, 0) is 0 Å². The van der Waals surface area contributed by atoms with Crippen LogP contribution < -0.4 is 5.56 Å². The SMILES string of the molecule is O=c1ccc(-c2cccc(-c3ccncc3)c2)c[nH]1. The number of aromatic amines is 1. The number of nitrogens with one attached hydrogen (secondary N) is 1. The van der Waals surface area contributed by atoms with Gasteiger partial charge in [-0.1, -0.05) is 18.2 Å². The van der Waals surface area contributed by atoms with Crippen LogP contribution in [-0.4, -0.2) is 9.97 Å². The lowest BCUT2D eigenvalue weighted by molar-refractivity contribution is 1.24. The molecule has 0 aliphatic rings. The third-order valence-electron chi connectivity index (χ3n) is 2.99. The second-order valence-corrected chi connectivity index (χ2v) is 4.26. The lowest BCUT2D eigenvalue weighted by atomic mass is 10.0. The van der Waals surface area contributed by atoms with Crippen molar-refractivity contribution in [1.82, 2.24) is 9.97 Å². The summed E-state index contributed by atoms with van der Waals surface area (Å²) < 4.78 is 0. The first kappa shape index (κ1) is 11.4. The molecule has 92 valence electrons. The predicted molar refractivity (Wildman–Crippen MR) is 75.7 cm³/mol. The summed E-state index contributed by atoms with van der Waals surface area (Å²) in [5.74, 6) is 0. The van der Waals surface area contributed by atoms with E-state index in [9.17, 15) is 4.79 Å². The Morgan fingerprint density at radius 3 is 2.21 bits per heavy atom. The van der Waals surface area contributed by atoms with Gasteiger partial charge in [0.25, 0.3) is 0 Å². The first-order valence-corrected chi connectivity index (χ1v) is 6.02. The van der Waals surface area contributed by atoms with E-state index in [4.69, 9.17) is 0 Å². The smallest absolute Gasteiger partial charge is 0.247 e. The van der Waals surface area contributed by atoms with E-state index in [-0.39, 0.29) is 5.56 Å². The van der Waals surface area contributed by atoms with Crippen molar-refractivity contribution < 1.29 is 0 Å². The van der Waals surface area contributed by atoms with Crippen molar-refractivity contribution in [3.8, 4) is 22.3 Å². The van der Waals surface area contributed by atoms with Gasteiger partial charge in [0.1, 0.15) is 0 Å². The van der Waals surface area contributed by atoms with Gasteiger partial charge in [-0.3, -0.25) is 9.78 Å². The Hall–Kier alpha value is -2.68. The summed E-state index contributed by atoms with van der Waals surface area (Å²) in [6, 6.07) is 15.5. The molecule has 3 heteroatoms. The summed E-state index contributed by atoms with van der Waals surface area (Å²) in [7, 11) is 0. The summed E-state index contributed by atoms with van der Waals surface area (Å²) in [5, 5.41) is 0. The molecule has 0 aliphatic heterocycles. The molecule has 19 heavy (non-hydrogen) atoms. The molecule has 0 saturated heterocycles. The number of benzene rings is 1. The molecule has 0 unspecified atom stereocenters. The molecule has 1 N–H and O–H groups in total. The van der Waals surface area contributed by atoms with Crippen LogP contribution in [0.15, 0.2) is 71.9 Å². The van der Waals surface area contributed by atoms with Gasteiger partial charge in [0.05, 0.1) is 0 Å². The average Bonchev–Trinajstić information content (AvgIpc) is 2.49. The van der Waals surface area contributed by atoms with Crippen molar-refractivity contribution in [2.24, 2.45) is 0 Å². The normalized spacial score (nSPS) is 10.3. The molecule has 0 radical (unpaired) electrons. The Balaban J connectivity index is 2.05. The highest BCUT2D eigenvalue weighted by atomic mass is 16.1. The van der Waals surface area contributed by atoms with Crippen LogP contribution in [0.4, 0.5) is 0 Å². The van der Waals surface area contributed by atoms with E-state index in [1.54, 1.807) is 18.6 Å². The summed E-state index contributed by atoms with van der Waals surface area (Å²) >= 11 is 0. The third kappa shape index (κ3) is 2.45. The van der Waals surface area contributed by atoms with Crippen molar-refractivity contribution in [2.75, 3.05) is 0 Å². The quantitative estimate of drug-likeness (QED) is 0.757. The van der Waals surface area contributed by atoms with Crippen molar-refractivity contribution in [2.45, 2.75) is 0 Å². The van der Waals surface area contributed by atoms with Crippen LogP contribution in [0.3, 0.4) is 0 Å². The predicted octanol–water partition coefficient (Wildman–Crippen LogP) is 3.10. The van der Waals surface area contributed by atoms with Gasteiger partial charge in [-0.05, 0) is 46.5 Å². The third-order valence-corrected chi connectivity index (χ3v) is 2.99.